The predicted molar refractivity (Wildman–Crippen MR) is 87.5 cm³/mol. The van der Waals surface area contributed by atoms with Crippen LogP contribution in [-0.4, -0.2) is 43.4 Å². The first-order valence-electron chi connectivity index (χ1n) is 7.63. The van der Waals surface area contributed by atoms with Gasteiger partial charge in [0.25, 0.3) is 0 Å². The van der Waals surface area contributed by atoms with E-state index in [9.17, 15) is 0 Å². The first-order valence-corrected chi connectivity index (χ1v) is 7.63. The van der Waals surface area contributed by atoms with Gasteiger partial charge < -0.3 is 14.7 Å². The van der Waals surface area contributed by atoms with E-state index >= 15 is 0 Å². The summed E-state index contributed by atoms with van der Waals surface area (Å²) < 4.78 is 5.77. The van der Waals surface area contributed by atoms with Crippen molar-refractivity contribution >= 4 is 0 Å². The Morgan fingerprint density at radius 3 is 2.81 bits per heavy atom. The highest BCUT2D eigenvalue weighted by molar-refractivity contribution is 5.39. The molecule has 1 aromatic carbocycles. The molecule has 0 aliphatic heterocycles. The van der Waals surface area contributed by atoms with Crippen LogP contribution in [0.1, 0.15) is 32.3 Å². The fourth-order valence-electron chi connectivity index (χ4n) is 1.79. The SMILES string of the molecule is CC(C)CCN(C)CCOc1cccc(C#CCCO)c1. The van der Waals surface area contributed by atoms with Crippen LogP contribution < -0.4 is 4.74 Å². The van der Waals surface area contributed by atoms with Crippen molar-refractivity contribution in [3.63, 3.8) is 0 Å². The molecule has 3 nitrogen and oxygen atoms in total. The number of hydrogen-bond acceptors (Lipinski definition) is 3. The van der Waals surface area contributed by atoms with Crippen molar-refractivity contribution in [2.75, 3.05) is 33.4 Å². The van der Waals surface area contributed by atoms with Crippen LogP contribution in [0.2, 0.25) is 0 Å². The van der Waals surface area contributed by atoms with Gasteiger partial charge in [0, 0.05) is 18.5 Å². The first-order chi connectivity index (χ1) is 10.1. The molecule has 0 atom stereocenters. The van der Waals surface area contributed by atoms with Crippen LogP contribution in [0.4, 0.5) is 0 Å². The van der Waals surface area contributed by atoms with E-state index in [4.69, 9.17) is 9.84 Å². The number of likely N-dealkylation sites (N-methyl/N-ethyl adjacent to an activating group) is 1. The average molecular weight is 289 g/mol. The summed E-state index contributed by atoms with van der Waals surface area (Å²) in [5.74, 6) is 7.52. The van der Waals surface area contributed by atoms with Gasteiger partial charge in [-0.25, -0.2) is 0 Å². The normalized spacial score (nSPS) is 10.6. The first kappa shape index (κ1) is 17.6. The van der Waals surface area contributed by atoms with Crippen LogP contribution in [0.25, 0.3) is 0 Å². The van der Waals surface area contributed by atoms with Crippen LogP contribution >= 0.6 is 0 Å². The number of aliphatic hydroxyl groups is 1. The van der Waals surface area contributed by atoms with Gasteiger partial charge in [-0.2, -0.15) is 0 Å². The van der Waals surface area contributed by atoms with Gasteiger partial charge in [0.15, 0.2) is 0 Å². The third-order valence-electron chi connectivity index (χ3n) is 3.13. The van der Waals surface area contributed by atoms with Gasteiger partial charge in [-0.1, -0.05) is 31.8 Å². The smallest absolute Gasteiger partial charge is 0.120 e. The molecule has 1 rings (SSSR count). The molecule has 1 N–H and O–H groups in total. The molecule has 0 unspecified atom stereocenters. The Balaban J connectivity index is 2.35. The van der Waals surface area contributed by atoms with E-state index in [1.54, 1.807) is 0 Å². The number of nitrogens with zero attached hydrogens (tertiary/aromatic N) is 1. The molecule has 0 radical (unpaired) electrons. The minimum absolute atomic E-state index is 0.103. The zero-order valence-corrected chi connectivity index (χ0v) is 13.4. The summed E-state index contributed by atoms with van der Waals surface area (Å²) in [7, 11) is 2.13. The summed E-state index contributed by atoms with van der Waals surface area (Å²) in [6.45, 7) is 7.30. The lowest BCUT2D eigenvalue weighted by Crippen LogP contribution is -2.26. The fraction of sp³-hybridized carbons (Fsp3) is 0.556. The number of benzene rings is 1. The van der Waals surface area contributed by atoms with Gasteiger partial charge in [0.05, 0.1) is 6.61 Å². The van der Waals surface area contributed by atoms with Crippen molar-refractivity contribution in [1.82, 2.24) is 4.90 Å². The highest BCUT2D eigenvalue weighted by Crippen LogP contribution is 2.12. The molecule has 21 heavy (non-hydrogen) atoms. The van der Waals surface area contributed by atoms with Gasteiger partial charge in [-0.05, 0) is 44.1 Å². The maximum absolute atomic E-state index is 8.71. The van der Waals surface area contributed by atoms with E-state index in [0.717, 1.165) is 30.3 Å². The predicted octanol–water partition coefficient (Wildman–Crippen LogP) is 2.78. The van der Waals surface area contributed by atoms with Crippen molar-refractivity contribution in [2.24, 2.45) is 5.92 Å². The van der Waals surface area contributed by atoms with Crippen molar-refractivity contribution in [3.8, 4) is 17.6 Å². The molecule has 0 bridgehead atoms. The molecule has 116 valence electrons. The standard InChI is InChI=1S/C18H27NO2/c1-16(2)10-11-19(3)12-14-21-18-9-6-8-17(15-18)7-4-5-13-20/h6,8-9,15-16,20H,5,10-14H2,1-3H3. The molecular weight excluding hydrogens is 262 g/mol. The quantitative estimate of drug-likeness (QED) is 0.747. The maximum atomic E-state index is 8.71. The van der Waals surface area contributed by atoms with Gasteiger partial charge in [-0.3, -0.25) is 0 Å². The van der Waals surface area contributed by atoms with E-state index < -0.39 is 0 Å². The van der Waals surface area contributed by atoms with Crippen LogP contribution in [0.3, 0.4) is 0 Å². The summed E-state index contributed by atoms with van der Waals surface area (Å²) in [5, 5.41) is 8.71. The minimum Gasteiger partial charge on any atom is -0.492 e. The number of aliphatic hydroxyl groups excluding tert-OH is 1. The van der Waals surface area contributed by atoms with Gasteiger partial charge in [-0.15, -0.1) is 0 Å². The molecule has 0 fully saturated rings. The molecule has 3 heteroatoms. The molecule has 0 heterocycles. The topological polar surface area (TPSA) is 32.7 Å². The highest BCUT2D eigenvalue weighted by Gasteiger charge is 2.01. The van der Waals surface area contributed by atoms with E-state index in [2.05, 4.69) is 37.6 Å². The summed E-state index contributed by atoms with van der Waals surface area (Å²) >= 11 is 0. The second kappa shape index (κ2) is 10.3. The second-order valence-corrected chi connectivity index (χ2v) is 5.64. The van der Waals surface area contributed by atoms with E-state index in [-0.39, 0.29) is 6.61 Å². The lowest BCUT2D eigenvalue weighted by Gasteiger charge is -2.18. The Bertz CT molecular complexity index is 460. The summed E-state index contributed by atoms with van der Waals surface area (Å²) in [5.41, 5.74) is 0.925. The van der Waals surface area contributed by atoms with E-state index in [1.807, 2.05) is 24.3 Å². The Morgan fingerprint density at radius 2 is 2.10 bits per heavy atom. The Hall–Kier alpha value is -1.50. The van der Waals surface area contributed by atoms with Crippen LogP contribution in [0.15, 0.2) is 24.3 Å². The number of rotatable bonds is 8. The molecule has 0 saturated carbocycles. The molecule has 0 aromatic heterocycles. The van der Waals surface area contributed by atoms with Crippen molar-refractivity contribution in [3.05, 3.63) is 29.8 Å². The lowest BCUT2D eigenvalue weighted by molar-refractivity contribution is 0.230. The summed E-state index contributed by atoms with van der Waals surface area (Å²) in [4.78, 5) is 2.30. The largest absolute Gasteiger partial charge is 0.492 e. The molecule has 0 amide bonds. The van der Waals surface area contributed by atoms with Gasteiger partial charge in [0.2, 0.25) is 0 Å². The zero-order valence-electron chi connectivity index (χ0n) is 13.4. The summed E-state index contributed by atoms with van der Waals surface area (Å²) in [6.07, 6.45) is 1.72. The number of hydrogen-bond donors (Lipinski definition) is 1. The van der Waals surface area contributed by atoms with Crippen LogP contribution in [0, 0.1) is 17.8 Å². The minimum atomic E-state index is 0.103. The molecule has 0 saturated heterocycles. The monoisotopic (exact) mass is 289 g/mol. The fourth-order valence-corrected chi connectivity index (χ4v) is 1.79. The lowest BCUT2D eigenvalue weighted by atomic mass is 10.1. The molecular formula is C18H27NO2. The van der Waals surface area contributed by atoms with Crippen molar-refractivity contribution in [2.45, 2.75) is 26.7 Å². The van der Waals surface area contributed by atoms with Gasteiger partial charge >= 0.3 is 0 Å². The van der Waals surface area contributed by atoms with Crippen LogP contribution in [-0.2, 0) is 0 Å². The third kappa shape index (κ3) is 8.39. The molecule has 0 aliphatic carbocycles. The Morgan fingerprint density at radius 1 is 1.29 bits per heavy atom. The van der Waals surface area contributed by atoms with Crippen molar-refractivity contribution in [1.29, 1.82) is 0 Å². The van der Waals surface area contributed by atoms with E-state index in [0.29, 0.717) is 13.0 Å². The van der Waals surface area contributed by atoms with Crippen LogP contribution in [0.5, 0.6) is 5.75 Å². The van der Waals surface area contributed by atoms with E-state index in [1.165, 1.54) is 6.42 Å². The average Bonchev–Trinajstić information content (AvgIpc) is 2.46. The van der Waals surface area contributed by atoms with Crippen molar-refractivity contribution < 1.29 is 9.84 Å². The molecule has 0 aliphatic rings. The summed E-state index contributed by atoms with van der Waals surface area (Å²) in [6, 6.07) is 7.79. The Kier molecular flexibility index (Phi) is 8.57. The van der Waals surface area contributed by atoms with Gasteiger partial charge in [0.1, 0.15) is 12.4 Å². The molecule has 0 spiro atoms. The zero-order chi connectivity index (χ0) is 15.5. The highest BCUT2D eigenvalue weighted by atomic mass is 16.5. The number of ether oxygens (including phenoxy) is 1. The third-order valence-corrected chi connectivity index (χ3v) is 3.13. The maximum Gasteiger partial charge on any atom is 0.120 e. The molecule has 1 aromatic rings. The second-order valence-electron chi connectivity index (χ2n) is 5.64. The Labute approximate surface area is 128 Å².